The van der Waals surface area contributed by atoms with E-state index in [-0.39, 0.29) is 11.0 Å². The molecule has 3 fully saturated rings. The first-order valence-corrected chi connectivity index (χ1v) is 10.5. The largest absolute Gasteiger partial charge is 0.491 e. The van der Waals surface area contributed by atoms with Crippen molar-refractivity contribution in [3.8, 4) is 5.75 Å². The zero-order valence-electron chi connectivity index (χ0n) is 17.0. The molecule has 0 radical (unpaired) electrons. The van der Waals surface area contributed by atoms with Crippen molar-refractivity contribution >= 4 is 22.4 Å². The molecule has 2 N–H and O–H groups in total. The van der Waals surface area contributed by atoms with Gasteiger partial charge in [-0.05, 0) is 50.5 Å². The zero-order valence-corrected chi connectivity index (χ0v) is 17.0. The van der Waals surface area contributed by atoms with E-state index < -0.39 is 0 Å². The molecule has 0 amide bonds. The van der Waals surface area contributed by atoms with Crippen LogP contribution in [0.5, 0.6) is 5.75 Å². The highest BCUT2D eigenvalue weighted by Crippen LogP contribution is 2.56. The van der Waals surface area contributed by atoms with Crippen molar-refractivity contribution < 1.29 is 9.47 Å². The maximum absolute atomic E-state index is 6.24. The first kappa shape index (κ1) is 17.8. The lowest BCUT2D eigenvalue weighted by Gasteiger charge is -2.59. The first-order valence-electron chi connectivity index (χ1n) is 10.5. The highest BCUT2D eigenvalue weighted by atomic mass is 16.5. The molecule has 0 spiro atoms. The Bertz CT molecular complexity index is 1220. The third kappa shape index (κ3) is 2.92. The van der Waals surface area contributed by atoms with E-state index in [1.54, 1.807) is 6.20 Å². The average Bonchev–Trinajstić information content (AvgIpc) is 3.35. The van der Waals surface area contributed by atoms with E-state index in [9.17, 15) is 0 Å². The molecule has 30 heavy (non-hydrogen) atoms. The molecule has 2 aliphatic heterocycles. The Kier molecular flexibility index (Phi) is 3.83. The predicted octanol–water partition coefficient (Wildman–Crippen LogP) is 3.95. The Labute approximate surface area is 174 Å². The Balaban J connectivity index is 1.12. The van der Waals surface area contributed by atoms with Gasteiger partial charge in [-0.2, -0.15) is 0 Å². The van der Waals surface area contributed by atoms with Crippen molar-refractivity contribution in [2.24, 2.45) is 5.41 Å². The van der Waals surface area contributed by atoms with Gasteiger partial charge in [-0.1, -0.05) is 0 Å². The van der Waals surface area contributed by atoms with Crippen LogP contribution in [0.2, 0.25) is 0 Å². The number of hydrogen-bond acceptors (Lipinski definition) is 5. The van der Waals surface area contributed by atoms with E-state index in [1.807, 2.05) is 41.2 Å². The molecule has 7 nitrogen and oxygen atoms in total. The van der Waals surface area contributed by atoms with Gasteiger partial charge >= 0.3 is 0 Å². The molecule has 0 aromatic carbocycles. The molecule has 4 aromatic rings. The number of nitrogens with zero attached hydrogens (tertiary/aromatic N) is 3. The minimum atomic E-state index is -0.100. The molecule has 0 atom stereocenters. The van der Waals surface area contributed by atoms with Gasteiger partial charge < -0.3 is 24.2 Å². The number of fused-ring (bicyclic) bond motifs is 4. The summed E-state index contributed by atoms with van der Waals surface area (Å²) >= 11 is 0. The summed E-state index contributed by atoms with van der Waals surface area (Å²) in [5, 5.41) is 4.75. The van der Waals surface area contributed by atoms with Gasteiger partial charge in [0, 0.05) is 53.9 Å². The fraction of sp³-hybridized carbons (Fsp3) is 0.391. The molecule has 7 heteroatoms. The van der Waals surface area contributed by atoms with Crippen LogP contribution >= 0.6 is 0 Å². The molecule has 0 unspecified atom stereocenters. The standard InChI is InChI=1S/C23H25N5O2/c1-16-10-18-19(4-6-25-21(18)27-16)26-14-23-12-22(13-23,5-9-30-23)15-29-17-2-3-20-24-7-8-28(20)11-17/h2-4,6-8,10-11H,5,9,12-15H2,1H3,(H2,25,26,27). The van der Waals surface area contributed by atoms with E-state index in [0.717, 1.165) is 72.8 Å². The van der Waals surface area contributed by atoms with Gasteiger partial charge in [0.15, 0.2) is 0 Å². The minimum absolute atomic E-state index is 0.100. The maximum Gasteiger partial charge on any atom is 0.139 e. The van der Waals surface area contributed by atoms with Crippen LogP contribution in [0.3, 0.4) is 0 Å². The molecule has 1 saturated carbocycles. The summed E-state index contributed by atoms with van der Waals surface area (Å²) in [5.74, 6) is 0.888. The summed E-state index contributed by atoms with van der Waals surface area (Å²) in [7, 11) is 0. The molecule has 1 aliphatic carbocycles. The van der Waals surface area contributed by atoms with Crippen molar-refractivity contribution in [1.29, 1.82) is 0 Å². The number of aromatic amines is 1. The van der Waals surface area contributed by atoms with E-state index in [0.29, 0.717) is 0 Å². The van der Waals surface area contributed by atoms with Crippen LogP contribution in [0.1, 0.15) is 25.0 Å². The van der Waals surface area contributed by atoms with Gasteiger partial charge in [-0.3, -0.25) is 0 Å². The molecule has 4 aromatic heterocycles. The van der Waals surface area contributed by atoms with Crippen LogP contribution in [0.4, 0.5) is 5.69 Å². The van der Waals surface area contributed by atoms with Crippen molar-refractivity contribution in [3.05, 3.63) is 54.7 Å². The number of aromatic nitrogens is 4. The Morgan fingerprint density at radius 2 is 2.17 bits per heavy atom. The van der Waals surface area contributed by atoms with Gasteiger partial charge in [-0.15, -0.1) is 0 Å². The lowest BCUT2D eigenvalue weighted by Crippen LogP contribution is -2.63. The summed E-state index contributed by atoms with van der Waals surface area (Å²) in [6, 6.07) is 8.17. The minimum Gasteiger partial charge on any atom is -0.491 e. The molecule has 6 heterocycles. The SMILES string of the molecule is Cc1cc2c(NCC34CC(COc5ccc6nccn6c5)(CCO3)C4)ccnc2[nH]1. The highest BCUT2D eigenvalue weighted by molar-refractivity contribution is 5.89. The van der Waals surface area contributed by atoms with Crippen LogP contribution in [-0.4, -0.2) is 44.7 Å². The number of H-pyrrole nitrogens is 1. The number of imidazole rings is 1. The number of ether oxygens (including phenoxy) is 2. The summed E-state index contributed by atoms with van der Waals surface area (Å²) in [6.07, 6.45) is 10.7. The van der Waals surface area contributed by atoms with Gasteiger partial charge in [-0.25, -0.2) is 9.97 Å². The number of rotatable bonds is 6. The second-order valence-corrected chi connectivity index (χ2v) is 8.91. The maximum atomic E-state index is 6.24. The summed E-state index contributed by atoms with van der Waals surface area (Å²) in [4.78, 5) is 12.0. The Hall–Kier alpha value is -3.06. The second kappa shape index (κ2) is 6.47. The molecule has 2 saturated heterocycles. The summed E-state index contributed by atoms with van der Waals surface area (Å²) < 4.78 is 14.4. The fourth-order valence-corrected chi connectivity index (χ4v) is 5.22. The van der Waals surface area contributed by atoms with Crippen LogP contribution in [0, 0.1) is 12.3 Å². The third-order valence-corrected chi connectivity index (χ3v) is 6.61. The lowest BCUT2D eigenvalue weighted by atomic mass is 9.56. The third-order valence-electron chi connectivity index (χ3n) is 6.61. The second-order valence-electron chi connectivity index (χ2n) is 8.91. The molecule has 2 bridgehead atoms. The molecular formula is C23H25N5O2. The topological polar surface area (TPSA) is 76.5 Å². The molecule has 7 rings (SSSR count). The van der Waals surface area contributed by atoms with Gasteiger partial charge in [0.1, 0.15) is 17.0 Å². The number of pyridine rings is 2. The normalized spacial score (nSPS) is 25.4. The fourth-order valence-electron chi connectivity index (χ4n) is 5.22. The molecule has 154 valence electrons. The Morgan fingerprint density at radius 3 is 3.10 bits per heavy atom. The number of hydrogen-bond donors (Lipinski definition) is 2. The van der Waals surface area contributed by atoms with Gasteiger partial charge in [0.25, 0.3) is 0 Å². The quantitative estimate of drug-likeness (QED) is 0.510. The van der Waals surface area contributed by atoms with Gasteiger partial charge in [0.2, 0.25) is 0 Å². The van der Waals surface area contributed by atoms with Crippen LogP contribution in [0.25, 0.3) is 16.7 Å². The van der Waals surface area contributed by atoms with E-state index in [4.69, 9.17) is 9.47 Å². The smallest absolute Gasteiger partial charge is 0.139 e. The lowest BCUT2D eigenvalue weighted by molar-refractivity contribution is -0.225. The summed E-state index contributed by atoms with van der Waals surface area (Å²) in [6.45, 7) is 4.38. The van der Waals surface area contributed by atoms with Crippen LogP contribution < -0.4 is 10.1 Å². The number of aryl methyl sites for hydroxylation is 1. The van der Waals surface area contributed by atoms with Crippen molar-refractivity contribution in [2.75, 3.05) is 25.1 Å². The van der Waals surface area contributed by atoms with E-state index in [2.05, 4.69) is 33.3 Å². The van der Waals surface area contributed by atoms with E-state index in [1.165, 1.54) is 0 Å². The molecular weight excluding hydrogens is 378 g/mol. The number of nitrogens with one attached hydrogen (secondary N) is 2. The average molecular weight is 403 g/mol. The molecule has 3 aliphatic rings. The van der Waals surface area contributed by atoms with Crippen LogP contribution in [-0.2, 0) is 4.74 Å². The van der Waals surface area contributed by atoms with E-state index >= 15 is 0 Å². The monoisotopic (exact) mass is 403 g/mol. The predicted molar refractivity (Wildman–Crippen MR) is 115 cm³/mol. The Morgan fingerprint density at radius 1 is 1.23 bits per heavy atom. The van der Waals surface area contributed by atoms with Crippen molar-refractivity contribution in [3.63, 3.8) is 0 Å². The van der Waals surface area contributed by atoms with Crippen molar-refractivity contribution in [1.82, 2.24) is 19.4 Å². The van der Waals surface area contributed by atoms with Crippen molar-refractivity contribution in [2.45, 2.75) is 31.8 Å². The highest BCUT2D eigenvalue weighted by Gasteiger charge is 2.58. The van der Waals surface area contributed by atoms with Gasteiger partial charge in [0.05, 0.1) is 18.4 Å². The first-order chi connectivity index (χ1) is 14.6. The zero-order chi connectivity index (χ0) is 20.2. The van der Waals surface area contributed by atoms with Crippen LogP contribution in [0.15, 0.2) is 49.1 Å². The number of anilines is 1. The summed E-state index contributed by atoms with van der Waals surface area (Å²) in [5.41, 5.74) is 4.19.